The number of benzene rings is 1. The highest BCUT2D eigenvalue weighted by Gasteiger charge is 2.23. The van der Waals surface area contributed by atoms with Crippen LogP contribution in [0.15, 0.2) is 35.5 Å². The average Bonchev–Trinajstić information content (AvgIpc) is 2.43. The lowest BCUT2D eigenvalue weighted by Gasteiger charge is -2.11. The minimum Gasteiger partial charge on any atom is -0.316 e. The Morgan fingerprint density at radius 2 is 1.95 bits per heavy atom. The molecule has 1 heterocycles. The van der Waals surface area contributed by atoms with E-state index in [9.17, 15) is 12.8 Å². The molecule has 0 spiro atoms. The molecule has 0 radical (unpaired) electrons. The van der Waals surface area contributed by atoms with Crippen molar-refractivity contribution in [2.24, 2.45) is 0 Å². The van der Waals surface area contributed by atoms with E-state index in [0.717, 1.165) is 6.07 Å². The second-order valence-corrected chi connectivity index (χ2v) is 6.17. The molecule has 0 fully saturated rings. The normalized spacial score (nSPS) is 11.4. The van der Waals surface area contributed by atoms with Crippen LogP contribution in [0.2, 0.25) is 5.02 Å². The van der Waals surface area contributed by atoms with Gasteiger partial charge in [-0.15, -0.1) is 0 Å². The van der Waals surface area contributed by atoms with Crippen molar-refractivity contribution in [3.63, 3.8) is 0 Å². The van der Waals surface area contributed by atoms with Crippen LogP contribution in [0.25, 0.3) is 0 Å². The number of sulfonamides is 1. The van der Waals surface area contributed by atoms with Crippen LogP contribution in [0.1, 0.15) is 5.56 Å². The van der Waals surface area contributed by atoms with E-state index >= 15 is 0 Å². The molecule has 1 aromatic carbocycles. The van der Waals surface area contributed by atoms with Crippen LogP contribution in [0.4, 0.5) is 10.3 Å². The standard InChI is InChI=1S/C12H12ClFN4O2S/c1-15-7-8-5-9(13)6-10(11(8)14)21(19,20)18-12-16-3-2-4-17-12/h2-6,15H,7H2,1H3,(H,16,17,18). The van der Waals surface area contributed by atoms with Gasteiger partial charge >= 0.3 is 0 Å². The van der Waals surface area contributed by atoms with Crippen molar-refractivity contribution in [3.05, 3.63) is 47.0 Å². The fourth-order valence-electron chi connectivity index (χ4n) is 1.66. The molecule has 112 valence electrons. The van der Waals surface area contributed by atoms with Crippen LogP contribution in [-0.2, 0) is 16.6 Å². The maximum absolute atomic E-state index is 14.3. The highest BCUT2D eigenvalue weighted by atomic mass is 35.5. The molecule has 0 aliphatic carbocycles. The Hall–Kier alpha value is -1.77. The third-order valence-electron chi connectivity index (χ3n) is 2.53. The van der Waals surface area contributed by atoms with Crippen LogP contribution in [-0.4, -0.2) is 25.4 Å². The van der Waals surface area contributed by atoms with Crippen molar-refractivity contribution in [3.8, 4) is 0 Å². The van der Waals surface area contributed by atoms with Crippen molar-refractivity contribution in [1.29, 1.82) is 0 Å². The van der Waals surface area contributed by atoms with Gasteiger partial charge in [0.15, 0.2) is 0 Å². The molecule has 0 saturated carbocycles. The zero-order valence-corrected chi connectivity index (χ0v) is 12.5. The summed E-state index contributed by atoms with van der Waals surface area (Å²) in [7, 11) is -2.55. The lowest BCUT2D eigenvalue weighted by Crippen LogP contribution is -2.18. The van der Waals surface area contributed by atoms with Crippen molar-refractivity contribution < 1.29 is 12.8 Å². The Kier molecular flexibility index (Phi) is 4.71. The minimum atomic E-state index is -4.17. The number of halogens is 2. The number of aromatic nitrogens is 2. The average molecular weight is 331 g/mol. The van der Waals surface area contributed by atoms with Crippen molar-refractivity contribution in [2.45, 2.75) is 11.4 Å². The summed E-state index contributed by atoms with van der Waals surface area (Å²) in [4.78, 5) is 6.91. The fraction of sp³-hybridized carbons (Fsp3) is 0.167. The van der Waals surface area contributed by atoms with Gasteiger partial charge in [-0.3, -0.25) is 0 Å². The highest BCUT2D eigenvalue weighted by Crippen LogP contribution is 2.25. The summed E-state index contributed by atoms with van der Waals surface area (Å²) >= 11 is 5.85. The number of anilines is 1. The molecule has 1 aromatic heterocycles. The molecule has 2 N–H and O–H groups in total. The van der Waals surface area contributed by atoms with E-state index in [1.807, 2.05) is 0 Å². The van der Waals surface area contributed by atoms with Gasteiger partial charge in [0.05, 0.1) is 0 Å². The van der Waals surface area contributed by atoms with Crippen LogP contribution in [0, 0.1) is 5.82 Å². The lowest BCUT2D eigenvalue weighted by molar-refractivity contribution is 0.555. The molecule has 0 saturated heterocycles. The molecule has 0 aliphatic heterocycles. The van der Waals surface area contributed by atoms with Gasteiger partial charge < -0.3 is 5.32 Å². The molecule has 0 atom stereocenters. The zero-order chi connectivity index (χ0) is 15.5. The molecule has 0 amide bonds. The predicted molar refractivity (Wildman–Crippen MR) is 77.0 cm³/mol. The van der Waals surface area contributed by atoms with Gasteiger partial charge in [0.2, 0.25) is 5.95 Å². The summed E-state index contributed by atoms with van der Waals surface area (Å²) in [6.07, 6.45) is 2.73. The van der Waals surface area contributed by atoms with E-state index < -0.39 is 20.7 Å². The molecule has 9 heteroatoms. The molecular weight excluding hydrogens is 319 g/mol. The monoisotopic (exact) mass is 330 g/mol. The molecule has 2 aromatic rings. The lowest BCUT2D eigenvalue weighted by atomic mass is 10.2. The summed E-state index contributed by atoms with van der Waals surface area (Å²) in [5.74, 6) is -1.01. The maximum atomic E-state index is 14.3. The van der Waals surface area contributed by atoms with E-state index in [2.05, 4.69) is 20.0 Å². The van der Waals surface area contributed by atoms with Crippen molar-refractivity contribution in [1.82, 2.24) is 15.3 Å². The Labute approximate surface area is 126 Å². The maximum Gasteiger partial charge on any atom is 0.267 e. The van der Waals surface area contributed by atoms with Gasteiger partial charge in [-0.05, 0) is 25.2 Å². The molecule has 0 unspecified atom stereocenters. The Morgan fingerprint density at radius 3 is 2.57 bits per heavy atom. The second kappa shape index (κ2) is 6.33. The van der Waals surface area contributed by atoms with Crippen LogP contribution >= 0.6 is 11.6 Å². The summed E-state index contributed by atoms with van der Waals surface area (Å²) in [6, 6.07) is 3.94. The summed E-state index contributed by atoms with van der Waals surface area (Å²) in [6.45, 7) is 0.150. The van der Waals surface area contributed by atoms with Crippen LogP contribution in [0.5, 0.6) is 0 Å². The molecule has 2 rings (SSSR count). The SMILES string of the molecule is CNCc1cc(Cl)cc(S(=O)(=O)Nc2ncccn2)c1F. The first-order valence-electron chi connectivity index (χ1n) is 5.86. The Balaban J connectivity index is 2.45. The van der Waals surface area contributed by atoms with Gasteiger partial charge in [-0.1, -0.05) is 11.6 Å². The molecule has 0 bridgehead atoms. The van der Waals surface area contributed by atoms with Crippen molar-refractivity contribution >= 4 is 27.6 Å². The number of nitrogens with one attached hydrogen (secondary N) is 2. The van der Waals surface area contributed by atoms with E-state index in [1.165, 1.54) is 24.5 Å². The van der Waals surface area contributed by atoms with Gasteiger partial charge in [0.1, 0.15) is 10.7 Å². The summed E-state index contributed by atoms with van der Waals surface area (Å²) in [5, 5.41) is 2.86. The first-order chi connectivity index (χ1) is 9.94. The van der Waals surface area contributed by atoms with E-state index in [1.54, 1.807) is 7.05 Å². The van der Waals surface area contributed by atoms with Gasteiger partial charge in [0.25, 0.3) is 10.0 Å². The third-order valence-corrected chi connectivity index (χ3v) is 4.07. The first-order valence-corrected chi connectivity index (χ1v) is 7.72. The van der Waals surface area contributed by atoms with Gasteiger partial charge in [-0.25, -0.2) is 27.5 Å². The largest absolute Gasteiger partial charge is 0.316 e. The topological polar surface area (TPSA) is 84.0 Å². The second-order valence-electron chi connectivity index (χ2n) is 4.09. The zero-order valence-electron chi connectivity index (χ0n) is 11.0. The molecule has 0 aliphatic rings. The van der Waals surface area contributed by atoms with E-state index in [0.29, 0.717) is 0 Å². The first kappa shape index (κ1) is 15.6. The minimum absolute atomic E-state index is 0.121. The summed E-state index contributed by atoms with van der Waals surface area (Å²) < 4.78 is 40.8. The number of nitrogens with zero attached hydrogens (tertiary/aromatic N) is 2. The van der Waals surface area contributed by atoms with Crippen LogP contribution in [0.3, 0.4) is 0 Å². The Bertz CT molecular complexity index is 740. The van der Waals surface area contributed by atoms with E-state index in [4.69, 9.17) is 11.6 Å². The summed E-state index contributed by atoms with van der Waals surface area (Å²) in [5.41, 5.74) is 0.152. The number of hydrogen-bond acceptors (Lipinski definition) is 5. The van der Waals surface area contributed by atoms with Gasteiger partial charge in [-0.2, -0.15) is 0 Å². The van der Waals surface area contributed by atoms with Gasteiger partial charge in [0, 0.05) is 29.5 Å². The van der Waals surface area contributed by atoms with E-state index in [-0.39, 0.29) is 23.1 Å². The third kappa shape index (κ3) is 3.66. The number of rotatable bonds is 5. The van der Waals surface area contributed by atoms with Crippen molar-refractivity contribution in [2.75, 3.05) is 11.8 Å². The highest BCUT2D eigenvalue weighted by molar-refractivity contribution is 7.92. The fourth-order valence-corrected chi connectivity index (χ4v) is 3.07. The smallest absolute Gasteiger partial charge is 0.267 e. The Morgan fingerprint density at radius 1 is 1.29 bits per heavy atom. The molecular formula is C12H12ClFN4O2S. The molecule has 21 heavy (non-hydrogen) atoms. The molecule has 6 nitrogen and oxygen atoms in total. The van der Waals surface area contributed by atoms with Crippen LogP contribution < -0.4 is 10.0 Å². The predicted octanol–water partition coefficient (Wildman–Crippen LogP) is 1.79. The quantitative estimate of drug-likeness (QED) is 0.873. The number of hydrogen-bond donors (Lipinski definition) is 2.